The van der Waals surface area contributed by atoms with Gasteiger partial charge < -0.3 is 14.2 Å². The van der Waals surface area contributed by atoms with Gasteiger partial charge in [0.05, 0.1) is 0 Å². The molecule has 0 N–H and O–H groups in total. The number of hydrogen-bond acceptors (Lipinski definition) is 6. The van der Waals surface area contributed by atoms with Gasteiger partial charge in [-0.25, -0.2) is 0 Å². The van der Waals surface area contributed by atoms with Gasteiger partial charge in [-0.3, -0.25) is 14.4 Å². The van der Waals surface area contributed by atoms with E-state index >= 15 is 0 Å². The van der Waals surface area contributed by atoms with Gasteiger partial charge in [0.25, 0.3) is 0 Å². The van der Waals surface area contributed by atoms with Crippen LogP contribution in [-0.2, 0) is 28.6 Å². The second-order valence-corrected chi connectivity index (χ2v) is 17.0. The molecule has 0 saturated carbocycles. The normalized spacial score (nSPS) is 13.0. The fourth-order valence-electron chi connectivity index (χ4n) is 6.76. The first-order valence-electron chi connectivity index (χ1n) is 26.4. The van der Waals surface area contributed by atoms with Crippen molar-refractivity contribution in [2.75, 3.05) is 13.2 Å². The highest BCUT2D eigenvalue weighted by molar-refractivity contribution is 5.71. The molecule has 6 heteroatoms. The summed E-state index contributed by atoms with van der Waals surface area (Å²) in [6, 6.07) is 0. The summed E-state index contributed by atoms with van der Waals surface area (Å²) in [7, 11) is 0. The van der Waals surface area contributed by atoms with Crippen molar-refractivity contribution in [2.24, 2.45) is 0 Å². The molecule has 368 valence electrons. The molecular formula is C59H96O6. The Morgan fingerprint density at radius 2 is 0.631 bits per heavy atom. The first-order chi connectivity index (χ1) is 32.0. The number of carbonyl (C=O) groups excluding carboxylic acids is 3. The highest BCUT2D eigenvalue weighted by atomic mass is 16.6. The molecule has 65 heavy (non-hydrogen) atoms. The van der Waals surface area contributed by atoms with Gasteiger partial charge in [0.1, 0.15) is 13.2 Å². The molecule has 6 nitrogen and oxygen atoms in total. The first kappa shape index (κ1) is 61.1. The molecule has 0 amide bonds. The van der Waals surface area contributed by atoms with Crippen LogP contribution in [0.5, 0.6) is 0 Å². The van der Waals surface area contributed by atoms with Gasteiger partial charge in [-0.2, -0.15) is 0 Å². The lowest BCUT2D eigenvalue weighted by atomic mass is 10.1. The predicted octanol–water partition coefficient (Wildman–Crippen LogP) is 17.5. The average Bonchev–Trinajstić information content (AvgIpc) is 3.30. The Morgan fingerprint density at radius 3 is 1.08 bits per heavy atom. The van der Waals surface area contributed by atoms with E-state index in [1.165, 1.54) is 70.6 Å². The molecule has 0 aliphatic rings. The zero-order chi connectivity index (χ0) is 47.2. The Labute approximate surface area is 400 Å². The lowest BCUT2D eigenvalue weighted by Gasteiger charge is -2.18. The molecule has 0 aromatic rings. The maximum absolute atomic E-state index is 12.8. The first-order valence-corrected chi connectivity index (χ1v) is 26.4. The molecule has 0 radical (unpaired) electrons. The van der Waals surface area contributed by atoms with Crippen LogP contribution in [0.3, 0.4) is 0 Å². The number of hydrogen-bond donors (Lipinski definition) is 0. The molecular weight excluding hydrogens is 805 g/mol. The Bertz CT molecular complexity index is 1360. The van der Waals surface area contributed by atoms with Crippen LogP contribution in [0.1, 0.15) is 226 Å². The second-order valence-electron chi connectivity index (χ2n) is 17.0. The summed E-state index contributed by atoms with van der Waals surface area (Å²) in [5.74, 6) is -1.02. The smallest absolute Gasteiger partial charge is 0.306 e. The van der Waals surface area contributed by atoms with Crippen LogP contribution in [0.2, 0.25) is 0 Å². The van der Waals surface area contributed by atoms with Crippen molar-refractivity contribution in [3.8, 4) is 0 Å². The van der Waals surface area contributed by atoms with Crippen LogP contribution in [0.25, 0.3) is 0 Å². The summed E-state index contributed by atoms with van der Waals surface area (Å²) in [6.07, 6.45) is 70.8. The van der Waals surface area contributed by atoms with E-state index in [0.717, 1.165) is 103 Å². The molecule has 0 rings (SSSR count). The minimum atomic E-state index is -0.820. The van der Waals surface area contributed by atoms with Crippen molar-refractivity contribution in [2.45, 2.75) is 232 Å². The molecule has 0 saturated heterocycles. The maximum atomic E-state index is 12.8. The zero-order valence-corrected chi connectivity index (χ0v) is 42.0. The number of ether oxygens (including phenoxy) is 3. The molecule has 1 atom stereocenters. The molecule has 0 aromatic heterocycles. The summed E-state index contributed by atoms with van der Waals surface area (Å²) in [5, 5.41) is 0. The van der Waals surface area contributed by atoms with E-state index in [0.29, 0.717) is 19.3 Å². The molecule has 0 bridgehead atoms. The SMILES string of the molecule is CC/C=C\C/C=C\C/C=C\C/C=C\C/C=C\CCCCCC(=O)O[C@H](COC(=O)CCC/C=C\C/C=C\C/C=C\CCCCCCCC)COC(=O)CCCCCCC/C=C\CCCC. The zero-order valence-electron chi connectivity index (χ0n) is 42.0. The largest absolute Gasteiger partial charge is 0.462 e. The Kier molecular flexibility index (Phi) is 49.5. The van der Waals surface area contributed by atoms with Gasteiger partial charge in [-0.05, 0) is 116 Å². The highest BCUT2D eigenvalue weighted by Gasteiger charge is 2.19. The van der Waals surface area contributed by atoms with Gasteiger partial charge in [0, 0.05) is 19.3 Å². The van der Waals surface area contributed by atoms with Crippen LogP contribution < -0.4 is 0 Å². The molecule has 0 spiro atoms. The lowest BCUT2D eigenvalue weighted by Crippen LogP contribution is -2.30. The number of carbonyl (C=O) groups is 3. The Hall–Kier alpha value is -3.93. The third-order valence-electron chi connectivity index (χ3n) is 10.7. The topological polar surface area (TPSA) is 78.9 Å². The van der Waals surface area contributed by atoms with E-state index in [1.54, 1.807) is 0 Å². The summed E-state index contributed by atoms with van der Waals surface area (Å²) in [4.78, 5) is 38.0. The minimum Gasteiger partial charge on any atom is -0.462 e. The fourth-order valence-corrected chi connectivity index (χ4v) is 6.76. The molecule has 0 heterocycles. The van der Waals surface area contributed by atoms with Gasteiger partial charge in [0.2, 0.25) is 0 Å². The van der Waals surface area contributed by atoms with Crippen molar-refractivity contribution < 1.29 is 28.6 Å². The third-order valence-corrected chi connectivity index (χ3v) is 10.7. The van der Waals surface area contributed by atoms with E-state index in [9.17, 15) is 14.4 Å². The van der Waals surface area contributed by atoms with Gasteiger partial charge in [-0.1, -0.05) is 201 Å². The van der Waals surface area contributed by atoms with Crippen molar-refractivity contribution >= 4 is 17.9 Å². The molecule has 0 unspecified atom stereocenters. The van der Waals surface area contributed by atoms with E-state index in [-0.39, 0.29) is 44.0 Å². The summed E-state index contributed by atoms with van der Waals surface area (Å²) < 4.78 is 16.7. The third kappa shape index (κ3) is 50.9. The van der Waals surface area contributed by atoms with Crippen LogP contribution in [0.15, 0.2) is 109 Å². The standard InChI is InChI=1S/C59H96O6/c1-4-7-10-13-16-19-22-24-26-28-29-31-33-35-38-41-44-47-50-53-59(62)65-56(54-63-57(60)51-48-45-42-39-36-21-18-15-12-9-6-3)55-64-58(61)52-49-46-43-40-37-34-32-30-27-25-23-20-17-14-11-8-5-2/h7,10,15-16,18-19,24-27,29,31-32,34-35,38,40,43,56H,4-6,8-9,11-14,17,20-23,28,30,33,36-37,39,41-42,44-55H2,1-3H3/b10-7-,18-15-,19-16-,26-24-,27-25-,31-29-,34-32-,38-35-,43-40-/t56-/m0/s1. The molecule has 0 aromatic carbocycles. The van der Waals surface area contributed by atoms with E-state index in [1.807, 2.05) is 0 Å². The summed E-state index contributed by atoms with van der Waals surface area (Å²) in [5.41, 5.74) is 0. The number of allylic oxidation sites excluding steroid dienone is 18. The fraction of sp³-hybridized carbons (Fsp3) is 0.644. The van der Waals surface area contributed by atoms with Gasteiger partial charge in [-0.15, -0.1) is 0 Å². The highest BCUT2D eigenvalue weighted by Crippen LogP contribution is 2.12. The summed E-state index contributed by atoms with van der Waals surface area (Å²) in [6.45, 7) is 6.39. The quantitative estimate of drug-likeness (QED) is 0.0262. The van der Waals surface area contributed by atoms with Crippen LogP contribution in [-0.4, -0.2) is 37.2 Å². The molecule has 0 fully saturated rings. The molecule has 0 aliphatic heterocycles. The summed E-state index contributed by atoms with van der Waals surface area (Å²) >= 11 is 0. The van der Waals surface area contributed by atoms with Crippen LogP contribution >= 0.6 is 0 Å². The molecule has 0 aliphatic carbocycles. The Morgan fingerprint density at radius 1 is 0.323 bits per heavy atom. The van der Waals surface area contributed by atoms with Crippen molar-refractivity contribution in [3.05, 3.63) is 109 Å². The second kappa shape index (κ2) is 52.7. The van der Waals surface area contributed by atoms with Crippen molar-refractivity contribution in [1.29, 1.82) is 0 Å². The monoisotopic (exact) mass is 901 g/mol. The number of unbranched alkanes of at least 4 members (excludes halogenated alkanes) is 17. The van der Waals surface area contributed by atoms with Crippen molar-refractivity contribution in [1.82, 2.24) is 0 Å². The Balaban J connectivity index is 4.53. The minimum absolute atomic E-state index is 0.114. The van der Waals surface area contributed by atoms with Gasteiger partial charge >= 0.3 is 17.9 Å². The predicted molar refractivity (Wildman–Crippen MR) is 279 cm³/mol. The van der Waals surface area contributed by atoms with Gasteiger partial charge in [0.15, 0.2) is 6.10 Å². The van der Waals surface area contributed by atoms with E-state index in [4.69, 9.17) is 14.2 Å². The van der Waals surface area contributed by atoms with E-state index < -0.39 is 6.10 Å². The maximum Gasteiger partial charge on any atom is 0.306 e. The average molecular weight is 901 g/mol. The lowest BCUT2D eigenvalue weighted by molar-refractivity contribution is -0.167. The van der Waals surface area contributed by atoms with Crippen molar-refractivity contribution in [3.63, 3.8) is 0 Å². The number of rotatable bonds is 46. The van der Waals surface area contributed by atoms with E-state index in [2.05, 4.69) is 130 Å². The number of esters is 3. The van der Waals surface area contributed by atoms with Crippen LogP contribution in [0.4, 0.5) is 0 Å². The van der Waals surface area contributed by atoms with Crippen LogP contribution in [0, 0.1) is 0 Å².